The topological polar surface area (TPSA) is 57.6 Å². The van der Waals surface area contributed by atoms with Crippen LogP contribution < -0.4 is 0 Å². The van der Waals surface area contributed by atoms with Crippen LogP contribution in [0.2, 0.25) is 0 Å². The van der Waals surface area contributed by atoms with E-state index >= 15 is 0 Å². The summed E-state index contributed by atoms with van der Waals surface area (Å²) < 4.78 is 0. The van der Waals surface area contributed by atoms with Crippen molar-refractivity contribution >= 4 is 11.9 Å². The van der Waals surface area contributed by atoms with Gasteiger partial charge >= 0.3 is 5.97 Å². The van der Waals surface area contributed by atoms with Crippen LogP contribution in [0.25, 0.3) is 0 Å². The number of benzene rings is 1. The molecule has 1 N–H and O–H groups in total. The smallest absolute Gasteiger partial charge is 0.303 e. The molecule has 1 fully saturated rings. The minimum absolute atomic E-state index is 0.0131. The lowest BCUT2D eigenvalue weighted by atomic mass is 9.94. The quantitative estimate of drug-likeness (QED) is 0.786. The van der Waals surface area contributed by atoms with Crippen LogP contribution in [0.5, 0.6) is 0 Å². The Morgan fingerprint density at radius 2 is 2.00 bits per heavy atom. The number of amides is 1. The number of rotatable bonds is 8. The standard InChI is InChI=1S/C20H29NO3/c1-16(8-7-11-17-9-3-2-4-10-17)20(24)21-15-6-5-12-18(21)13-14-19(22)23/h2-4,9-10,16,18H,5-8,11-15H2,1H3,(H,22,23). The number of aliphatic carboxylic acids is 1. The molecule has 0 bridgehead atoms. The highest BCUT2D eigenvalue weighted by atomic mass is 16.4. The number of hydrogen-bond donors (Lipinski definition) is 1. The van der Waals surface area contributed by atoms with Gasteiger partial charge in [0.2, 0.25) is 5.91 Å². The molecule has 1 saturated heterocycles. The molecule has 1 aromatic carbocycles. The fourth-order valence-electron chi connectivity index (χ4n) is 3.54. The minimum atomic E-state index is -0.774. The number of carbonyl (C=O) groups excluding carboxylic acids is 1. The Bertz CT molecular complexity index is 529. The molecule has 2 rings (SSSR count). The van der Waals surface area contributed by atoms with E-state index in [-0.39, 0.29) is 24.3 Å². The van der Waals surface area contributed by atoms with Crippen LogP contribution in [0.1, 0.15) is 57.4 Å². The number of carbonyl (C=O) groups is 2. The third-order valence-corrected chi connectivity index (χ3v) is 4.97. The van der Waals surface area contributed by atoms with Crippen LogP contribution >= 0.6 is 0 Å². The third kappa shape index (κ3) is 5.66. The van der Waals surface area contributed by atoms with Crippen LogP contribution in [0, 0.1) is 5.92 Å². The monoisotopic (exact) mass is 331 g/mol. The van der Waals surface area contributed by atoms with Crippen molar-refractivity contribution in [3.05, 3.63) is 35.9 Å². The van der Waals surface area contributed by atoms with E-state index in [0.717, 1.165) is 45.1 Å². The molecule has 0 saturated carbocycles. The molecule has 4 heteroatoms. The van der Waals surface area contributed by atoms with E-state index in [9.17, 15) is 9.59 Å². The molecule has 1 aliphatic rings. The summed E-state index contributed by atoms with van der Waals surface area (Å²) in [7, 11) is 0. The normalized spacial score (nSPS) is 19.0. The summed E-state index contributed by atoms with van der Waals surface area (Å²) in [4.78, 5) is 25.6. The number of likely N-dealkylation sites (tertiary alicyclic amines) is 1. The zero-order valence-electron chi connectivity index (χ0n) is 14.6. The summed E-state index contributed by atoms with van der Waals surface area (Å²) >= 11 is 0. The maximum atomic E-state index is 12.8. The number of nitrogens with zero attached hydrogens (tertiary/aromatic N) is 1. The summed E-state index contributed by atoms with van der Waals surface area (Å²) in [6.45, 7) is 2.79. The average molecular weight is 331 g/mol. The van der Waals surface area contributed by atoms with Gasteiger partial charge in [-0.25, -0.2) is 0 Å². The van der Waals surface area contributed by atoms with Gasteiger partial charge in [-0.1, -0.05) is 37.3 Å². The molecule has 0 aliphatic carbocycles. The Labute approximate surface area is 144 Å². The van der Waals surface area contributed by atoms with Crippen molar-refractivity contribution in [1.29, 1.82) is 0 Å². The third-order valence-electron chi connectivity index (χ3n) is 4.97. The van der Waals surface area contributed by atoms with Crippen LogP contribution in [0.3, 0.4) is 0 Å². The predicted octanol–water partition coefficient (Wildman–Crippen LogP) is 3.89. The van der Waals surface area contributed by atoms with Crippen LogP contribution in [0.4, 0.5) is 0 Å². The first kappa shape index (κ1) is 18.5. The molecule has 1 aliphatic heterocycles. The van der Waals surface area contributed by atoms with Gasteiger partial charge in [-0.2, -0.15) is 0 Å². The summed E-state index contributed by atoms with van der Waals surface area (Å²) in [5.74, 6) is -0.554. The van der Waals surface area contributed by atoms with E-state index in [4.69, 9.17) is 5.11 Å². The van der Waals surface area contributed by atoms with Gasteiger partial charge in [-0.15, -0.1) is 0 Å². The van der Waals surface area contributed by atoms with E-state index in [1.165, 1.54) is 5.56 Å². The van der Waals surface area contributed by atoms with Gasteiger partial charge in [0.1, 0.15) is 0 Å². The lowest BCUT2D eigenvalue weighted by Gasteiger charge is -2.37. The van der Waals surface area contributed by atoms with Crippen molar-refractivity contribution in [2.75, 3.05) is 6.54 Å². The fraction of sp³-hybridized carbons (Fsp3) is 0.600. The Balaban J connectivity index is 1.82. The van der Waals surface area contributed by atoms with Crippen LogP contribution in [0.15, 0.2) is 30.3 Å². The molecular formula is C20H29NO3. The summed E-state index contributed by atoms with van der Waals surface area (Å²) in [6, 6.07) is 10.5. The lowest BCUT2D eigenvalue weighted by molar-refractivity contribution is -0.142. The van der Waals surface area contributed by atoms with Gasteiger partial charge in [0.05, 0.1) is 0 Å². The zero-order valence-corrected chi connectivity index (χ0v) is 14.6. The second kappa shape index (κ2) is 9.45. The molecule has 4 nitrogen and oxygen atoms in total. The molecule has 1 heterocycles. The van der Waals surface area contributed by atoms with E-state index < -0.39 is 5.97 Å². The van der Waals surface area contributed by atoms with Crippen molar-refractivity contribution in [2.24, 2.45) is 5.92 Å². The highest BCUT2D eigenvalue weighted by Crippen LogP contribution is 2.24. The van der Waals surface area contributed by atoms with Gasteiger partial charge in [-0.05, 0) is 50.5 Å². The first-order chi connectivity index (χ1) is 11.6. The summed E-state index contributed by atoms with van der Waals surface area (Å²) in [5, 5.41) is 8.90. The van der Waals surface area contributed by atoms with E-state index in [0.29, 0.717) is 6.42 Å². The molecule has 0 spiro atoms. The van der Waals surface area contributed by atoms with Crippen molar-refractivity contribution in [1.82, 2.24) is 4.90 Å². The molecule has 132 valence electrons. The first-order valence-electron chi connectivity index (χ1n) is 9.14. The second-order valence-corrected chi connectivity index (χ2v) is 6.89. The highest BCUT2D eigenvalue weighted by Gasteiger charge is 2.29. The van der Waals surface area contributed by atoms with Crippen LogP contribution in [-0.4, -0.2) is 34.5 Å². The number of carboxylic acid groups (broad SMARTS) is 1. The average Bonchev–Trinajstić information content (AvgIpc) is 2.60. The maximum Gasteiger partial charge on any atom is 0.303 e. The van der Waals surface area contributed by atoms with Crippen molar-refractivity contribution in [3.63, 3.8) is 0 Å². The Morgan fingerprint density at radius 1 is 1.25 bits per heavy atom. The van der Waals surface area contributed by atoms with Crippen molar-refractivity contribution in [3.8, 4) is 0 Å². The lowest BCUT2D eigenvalue weighted by Crippen LogP contribution is -2.46. The second-order valence-electron chi connectivity index (χ2n) is 6.89. The SMILES string of the molecule is CC(CCCc1ccccc1)C(=O)N1CCCCC1CCC(=O)O. The predicted molar refractivity (Wildman–Crippen MR) is 94.8 cm³/mol. The highest BCUT2D eigenvalue weighted by molar-refractivity contribution is 5.79. The van der Waals surface area contributed by atoms with E-state index in [2.05, 4.69) is 12.1 Å². The van der Waals surface area contributed by atoms with Gasteiger partial charge in [0.25, 0.3) is 0 Å². The summed E-state index contributed by atoms with van der Waals surface area (Å²) in [5.41, 5.74) is 1.31. The summed E-state index contributed by atoms with van der Waals surface area (Å²) in [6.07, 6.45) is 6.69. The first-order valence-corrected chi connectivity index (χ1v) is 9.14. The maximum absolute atomic E-state index is 12.8. The van der Waals surface area contributed by atoms with Gasteiger partial charge < -0.3 is 10.0 Å². The molecule has 1 amide bonds. The molecule has 2 unspecified atom stereocenters. The van der Waals surface area contributed by atoms with Gasteiger partial charge in [0.15, 0.2) is 0 Å². The number of carboxylic acids is 1. The molecule has 1 aromatic rings. The molecule has 0 aromatic heterocycles. The minimum Gasteiger partial charge on any atom is -0.481 e. The molecule has 24 heavy (non-hydrogen) atoms. The van der Waals surface area contributed by atoms with E-state index in [1.54, 1.807) is 0 Å². The fourth-order valence-corrected chi connectivity index (χ4v) is 3.54. The van der Waals surface area contributed by atoms with Crippen molar-refractivity contribution in [2.45, 2.75) is 64.3 Å². The number of piperidine rings is 1. The Hall–Kier alpha value is -1.84. The van der Waals surface area contributed by atoms with Crippen molar-refractivity contribution < 1.29 is 14.7 Å². The molecular weight excluding hydrogens is 302 g/mol. The van der Waals surface area contributed by atoms with Crippen LogP contribution in [-0.2, 0) is 16.0 Å². The Kier molecular flexibility index (Phi) is 7.29. The number of hydrogen-bond acceptors (Lipinski definition) is 2. The van der Waals surface area contributed by atoms with Gasteiger partial charge in [0, 0.05) is 24.9 Å². The van der Waals surface area contributed by atoms with Gasteiger partial charge in [-0.3, -0.25) is 9.59 Å². The van der Waals surface area contributed by atoms with E-state index in [1.807, 2.05) is 30.0 Å². The Morgan fingerprint density at radius 3 is 2.71 bits per heavy atom. The number of aryl methyl sites for hydroxylation is 1. The molecule has 2 atom stereocenters. The largest absolute Gasteiger partial charge is 0.481 e. The zero-order chi connectivity index (χ0) is 17.4. The molecule has 0 radical (unpaired) electrons.